The summed E-state index contributed by atoms with van der Waals surface area (Å²) in [4.78, 5) is 24.4. The van der Waals surface area contributed by atoms with Crippen LogP contribution >= 0.6 is 0 Å². The summed E-state index contributed by atoms with van der Waals surface area (Å²) >= 11 is 0. The number of para-hydroxylation sites is 2. The molecule has 0 unspecified atom stereocenters. The molecule has 2 heterocycles. The minimum Gasteiger partial charge on any atom is -0.481 e. The molecule has 0 atom stereocenters. The van der Waals surface area contributed by atoms with Crippen LogP contribution in [0.2, 0.25) is 0 Å². The first-order chi connectivity index (χ1) is 10.2. The number of ether oxygens (including phenoxy) is 1. The van der Waals surface area contributed by atoms with Crippen molar-refractivity contribution in [3.63, 3.8) is 0 Å². The van der Waals surface area contributed by atoms with Gasteiger partial charge in [0.15, 0.2) is 0 Å². The van der Waals surface area contributed by atoms with Gasteiger partial charge < -0.3 is 9.30 Å². The molecule has 1 N–H and O–H groups in total. The minimum absolute atomic E-state index is 0.217. The lowest BCUT2D eigenvalue weighted by Crippen LogP contribution is -2.16. The molecule has 0 spiro atoms. The van der Waals surface area contributed by atoms with Gasteiger partial charge in [-0.15, -0.1) is 0 Å². The highest BCUT2D eigenvalue weighted by Crippen LogP contribution is 2.18. The number of benzene rings is 1. The number of amides is 1. The van der Waals surface area contributed by atoms with Crippen LogP contribution in [0.5, 0.6) is 5.88 Å². The van der Waals surface area contributed by atoms with Crippen molar-refractivity contribution < 1.29 is 9.53 Å². The van der Waals surface area contributed by atoms with Crippen molar-refractivity contribution in [3.05, 3.63) is 42.4 Å². The molecule has 0 saturated heterocycles. The Labute approximate surface area is 120 Å². The molecule has 106 valence electrons. The fourth-order valence-corrected chi connectivity index (χ4v) is 2.00. The maximum Gasteiger partial charge on any atom is 0.276 e. The number of aryl methyl sites for hydroxylation is 1. The monoisotopic (exact) mass is 283 g/mol. The molecule has 0 aliphatic heterocycles. The summed E-state index contributed by atoms with van der Waals surface area (Å²) in [6.07, 6.45) is 1.28. The third kappa shape index (κ3) is 2.40. The number of imidazole rings is 1. The van der Waals surface area contributed by atoms with Crippen LogP contribution < -0.4 is 10.1 Å². The number of methoxy groups -OCH3 is 1. The number of anilines is 1. The van der Waals surface area contributed by atoms with Crippen molar-refractivity contribution >= 4 is 22.9 Å². The van der Waals surface area contributed by atoms with Crippen LogP contribution in [0, 0.1) is 0 Å². The van der Waals surface area contributed by atoms with Gasteiger partial charge in [-0.2, -0.15) is 0 Å². The quantitative estimate of drug-likeness (QED) is 0.790. The van der Waals surface area contributed by atoms with E-state index in [0.29, 0.717) is 11.8 Å². The molecule has 3 rings (SSSR count). The second kappa shape index (κ2) is 5.20. The van der Waals surface area contributed by atoms with Gasteiger partial charge in [-0.3, -0.25) is 10.1 Å². The fourth-order valence-electron chi connectivity index (χ4n) is 2.00. The average molecular weight is 283 g/mol. The van der Waals surface area contributed by atoms with Gasteiger partial charge >= 0.3 is 0 Å². The van der Waals surface area contributed by atoms with Gasteiger partial charge in [0.1, 0.15) is 12.0 Å². The molecule has 3 aromatic rings. The molecule has 21 heavy (non-hydrogen) atoms. The lowest BCUT2D eigenvalue weighted by molar-refractivity contribution is 0.102. The third-order valence-corrected chi connectivity index (χ3v) is 3.10. The molecular formula is C14H13N5O2. The van der Waals surface area contributed by atoms with Crippen molar-refractivity contribution in [1.82, 2.24) is 19.5 Å². The molecule has 1 aromatic carbocycles. The normalized spacial score (nSPS) is 10.6. The number of carbonyl (C=O) groups is 1. The largest absolute Gasteiger partial charge is 0.481 e. The first-order valence-electron chi connectivity index (χ1n) is 6.28. The molecule has 2 aromatic heterocycles. The van der Waals surface area contributed by atoms with E-state index in [1.807, 2.05) is 35.9 Å². The highest BCUT2D eigenvalue weighted by molar-refractivity contribution is 6.02. The third-order valence-electron chi connectivity index (χ3n) is 3.10. The maximum absolute atomic E-state index is 12.2. The van der Waals surface area contributed by atoms with E-state index >= 15 is 0 Å². The van der Waals surface area contributed by atoms with E-state index in [1.54, 1.807) is 0 Å². The maximum atomic E-state index is 12.2. The predicted octanol–water partition coefficient (Wildman–Crippen LogP) is 1.62. The molecule has 1 amide bonds. The Hall–Kier alpha value is -2.96. The number of hydrogen-bond acceptors (Lipinski definition) is 5. The second-order valence-electron chi connectivity index (χ2n) is 4.38. The molecule has 0 fully saturated rings. The van der Waals surface area contributed by atoms with E-state index < -0.39 is 0 Å². The van der Waals surface area contributed by atoms with Gasteiger partial charge in [0.2, 0.25) is 11.8 Å². The molecule has 7 nitrogen and oxygen atoms in total. The fraction of sp³-hybridized carbons (Fsp3) is 0.143. The number of fused-ring (bicyclic) bond motifs is 1. The van der Waals surface area contributed by atoms with Crippen LogP contribution in [0.15, 0.2) is 36.7 Å². The summed E-state index contributed by atoms with van der Waals surface area (Å²) in [7, 11) is 3.32. The molecule has 0 aliphatic rings. The number of rotatable bonds is 3. The van der Waals surface area contributed by atoms with Crippen LogP contribution in [-0.2, 0) is 7.05 Å². The molecule has 0 aliphatic carbocycles. The Bertz CT molecular complexity index is 812. The van der Waals surface area contributed by atoms with Gasteiger partial charge in [0, 0.05) is 13.1 Å². The smallest absolute Gasteiger partial charge is 0.276 e. The topological polar surface area (TPSA) is 81.9 Å². The van der Waals surface area contributed by atoms with E-state index in [1.165, 1.54) is 19.5 Å². The predicted molar refractivity (Wildman–Crippen MR) is 77.3 cm³/mol. The van der Waals surface area contributed by atoms with E-state index in [0.717, 1.165) is 11.0 Å². The van der Waals surface area contributed by atoms with E-state index in [-0.39, 0.29) is 11.6 Å². The zero-order valence-corrected chi connectivity index (χ0v) is 11.6. The number of hydrogen-bond donors (Lipinski definition) is 1. The standard InChI is InChI=1S/C14H13N5O2/c1-19-11-6-4-3-5-9(11)17-14(19)18-13(20)10-7-12(21-2)16-8-15-10/h3-8H,1-2H3,(H,17,18,20). The number of nitrogens with one attached hydrogen (secondary N) is 1. The second-order valence-corrected chi connectivity index (χ2v) is 4.38. The summed E-state index contributed by atoms with van der Waals surface area (Å²) in [6.45, 7) is 0. The van der Waals surface area contributed by atoms with Crippen LogP contribution in [0.25, 0.3) is 11.0 Å². The Morgan fingerprint density at radius 2 is 2.10 bits per heavy atom. The summed E-state index contributed by atoms with van der Waals surface area (Å²) in [5, 5.41) is 2.73. The molecule has 0 bridgehead atoms. The number of aromatic nitrogens is 4. The zero-order chi connectivity index (χ0) is 14.8. The highest BCUT2D eigenvalue weighted by atomic mass is 16.5. The van der Waals surface area contributed by atoms with Crippen molar-refractivity contribution in [2.24, 2.45) is 7.05 Å². The highest BCUT2D eigenvalue weighted by Gasteiger charge is 2.13. The average Bonchev–Trinajstić information content (AvgIpc) is 2.84. The van der Waals surface area contributed by atoms with Crippen LogP contribution in [0.4, 0.5) is 5.95 Å². The zero-order valence-electron chi connectivity index (χ0n) is 11.6. The first kappa shape index (κ1) is 13.0. The van der Waals surface area contributed by atoms with Gasteiger partial charge in [-0.25, -0.2) is 15.0 Å². The number of nitrogens with zero attached hydrogens (tertiary/aromatic N) is 4. The summed E-state index contributed by atoms with van der Waals surface area (Å²) < 4.78 is 6.79. The van der Waals surface area contributed by atoms with E-state index in [4.69, 9.17) is 4.74 Å². The Balaban J connectivity index is 1.90. The first-order valence-corrected chi connectivity index (χ1v) is 6.28. The van der Waals surface area contributed by atoms with Crippen molar-refractivity contribution in [2.45, 2.75) is 0 Å². The summed E-state index contributed by atoms with van der Waals surface area (Å²) in [5.74, 6) is 0.424. The van der Waals surface area contributed by atoms with Gasteiger partial charge in [0.25, 0.3) is 5.91 Å². The Kier molecular flexibility index (Phi) is 3.23. The molecular weight excluding hydrogens is 270 g/mol. The summed E-state index contributed by atoms with van der Waals surface area (Å²) in [5.41, 5.74) is 1.97. The Morgan fingerprint density at radius 1 is 1.29 bits per heavy atom. The molecule has 0 saturated carbocycles. The van der Waals surface area contributed by atoms with Crippen molar-refractivity contribution in [3.8, 4) is 5.88 Å². The molecule has 0 radical (unpaired) electrons. The van der Waals surface area contributed by atoms with Crippen molar-refractivity contribution in [1.29, 1.82) is 0 Å². The SMILES string of the molecule is COc1cc(C(=O)Nc2nc3ccccc3n2C)ncn1. The minimum atomic E-state index is -0.367. The lowest BCUT2D eigenvalue weighted by atomic mass is 10.3. The molecule has 7 heteroatoms. The lowest BCUT2D eigenvalue weighted by Gasteiger charge is -2.05. The van der Waals surface area contributed by atoms with Gasteiger partial charge in [-0.05, 0) is 12.1 Å². The van der Waals surface area contributed by atoms with Crippen LogP contribution in [0.1, 0.15) is 10.5 Å². The number of carbonyl (C=O) groups excluding carboxylic acids is 1. The van der Waals surface area contributed by atoms with E-state index in [9.17, 15) is 4.79 Å². The summed E-state index contributed by atoms with van der Waals surface area (Å²) in [6, 6.07) is 9.11. The van der Waals surface area contributed by atoms with Crippen molar-refractivity contribution in [2.75, 3.05) is 12.4 Å². The Morgan fingerprint density at radius 3 is 2.86 bits per heavy atom. The van der Waals surface area contributed by atoms with Crippen LogP contribution in [-0.4, -0.2) is 32.5 Å². The van der Waals surface area contributed by atoms with Crippen LogP contribution in [0.3, 0.4) is 0 Å². The van der Waals surface area contributed by atoms with Gasteiger partial charge in [0.05, 0.1) is 18.1 Å². The van der Waals surface area contributed by atoms with E-state index in [2.05, 4.69) is 20.3 Å². The van der Waals surface area contributed by atoms with Gasteiger partial charge in [-0.1, -0.05) is 12.1 Å².